The molecule has 0 amide bonds. The quantitative estimate of drug-likeness (QED) is 0.418. The summed E-state index contributed by atoms with van der Waals surface area (Å²) in [6.07, 6.45) is 0. The van der Waals surface area contributed by atoms with Crippen molar-refractivity contribution < 1.29 is 9.29 Å². The van der Waals surface area contributed by atoms with Crippen LogP contribution in [0.1, 0.15) is 27.7 Å². The molecular weight excluding hydrogens is 174 g/mol. The van der Waals surface area contributed by atoms with E-state index in [1.807, 2.05) is 27.7 Å². The van der Waals surface area contributed by atoms with Gasteiger partial charge in [-0.05, 0) is 38.9 Å². The van der Waals surface area contributed by atoms with Crippen LogP contribution < -0.4 is 0 Å². The lowest BCUT2D eigenvalue weighted by atomic mass is 10.3. The Balaban J connectivity index is 3.84. The highest BCUT2D eigenvalue weighted by Crippen LogP contribution is 2.15. The number of nitrogens with one attached hydrogen (secondary N) is 1. The zero-order chi connectivity index (χ0) is 9.78. The van der Waals surface area contributed by atoms with E-state index >= 15 is 0 Å². The molecule has 0 rings (SSSR count). The molecule has 0 aliphatic carbocycles. The van der Waals surface area contributed by atoms with E-state index in [0.29, 0.717) is 6.61 Å². The van der Waals surface area contributed by atoms with Crippen molar-refractivity contribution in [1.82, 2.24) is 0 Å². The Bertz CT molecular complexity index is 154. The summed E-state index contributed by atoms with van der Waals surface area (Å²) < 4.78 is 16.1. The summed E-state index contributed by atoms with van der Waals surface area (Å²) in [5.74, 6) is 0.336. The van der Waals surface area contributed by atoms with Gasteiger partial charge in [0.25, 0.3) is 0 Å². The van der Waals surface area contributed by atoms with E-state index in [-0.39, 0.29) is 16.4 Å². The molecule has 0 aromatic heterocycles. The van der Waals surface area contributed by atoms with Crippen LogP contribution in [0.5, 0.6) is 0 Å². The Morgan fingerprint density at radius 2 is 2.00 bits per heavy atom. The summed E-state index contributed by atoms with van der Waals surface area (Å²) >= 11 is -1.02. The van der Waals surface area contributed by atoms with Crippen LogP contribution in [0.25, 0.3) is 0 Å². The fraction of sp³-hybridized carbons (Fsp3) is 0.875. The maximum atomic E-state index is 11.4. The van der Waals surface area contributed by atoms with Gasteiger partial charge < -0.3 is 9.29 Å². The molecule has 1 N–H and O–H groups in total. The lowest BCUT2D eigenvalue weighted by Gasteiger charge is -2.24. The molecule has 0 heterocycles. The summed E-state index contributed by atoms with van der Waals surface area (Å²) in [6.45, 7) is 7.96. The van der Waals surface area contributed by atoms with Gasteiger partial charge in [-0.25, -0.2) is 0 Å². The van der Waals surface area contributed by atoms with Gasteiger partial charge >= 0.3 is 0 Å². The number of hydrogen-bond acceptors (Lipinski definition) is 3. The first-order valence-corrected chi connectivity index (χ1v) is 5.28. The highest BCUT2D eigenvalue weighted by Gasteiger charge is 2.27. The van der Waals surface area contributed by atoms with Gasteiger partial charge in [0.1, 0.15) is 4.75 Å². The van der Waals surface area contributed by atoms with Gasteiger partial charge in [0.2, 0.25) is 5.90 Å². The first-order valence-electron chi connectivity index (χ1n) is 3.96. The van der Waals surface area contributed by atoms with Crippen molar-refractivity contribution in [3.63, 3.8) is 0 Å². The minimum Gasteiger partial charge on any atom is -0.616 e. The smallest absolute Gasteiger partial charge is 0.232 e. The van der Waals surface area contributed by atoms with E-state index in [1.165, 1.54) is 0 Å². The van der Waals surface area contributed by atoms with E-state index in [2.05, 4.69) is 0 Å². The Labute approximate surface area is 77.2 Å². The monoisotopic (exact) mass is 191 g/mol. The highest BCUT2D eigenvalue weighted by molar-refractivity contribution is 7.93. The molecule has 0 aromatic rings. The first-order chi connectivity index (χ1) is 5.38. The minimum atomic E-state index is -1.02. The molecule has 0 fully saturated rings. The molecule has 0 radical (unpaired) electrons. The van der Waals surface area contributed by atoms with Crippen LogP contribution in [0.4, 0.5) is 0 Å². The van der Waals surface area contributed by atoms with E-state index in [9.17, 15) is 4.55 Å². The predicted octanol–water partition coefficient (Wildman–Crippen LogP) is 1.55. The van der Waals surface area contributed by atoms with Gasteiger partial charge in [0.15, 0.2) is 5.75 Å². The summed E-state index contributed by atoms with van der Waals surface area (Å²) in [6, 6.07) is 0. The van der Waals surface area contributed by atoms with Gasteiger partial charge in [-0.3, -0.25) is 5.41 Å². The summed E-state index contributed by atoms with van der Waals surface area (Å²) in [7, 11) is 0. The Hall–Kier alpha value is -0.220. The van der Waals surface area contributed by atoms with Crippen LogP contribution in [0.3, 0.4) is 0 Å². The Morgan fingerprint density at radius 3 is 2.33 bits per heavy atom. The maximum Gasteiger partial charge on any atom is 0.232 e. The molecule has 4 heteroatoms. The maximum absolute atomic E-state index is 11.4. The number of hydrogen-bond donors (Lipinski definition) is 1. The summed E-state index contributed by atoms with van der Waals surface area (Å²) in [5.41, 5.74) is 0. The molecule has 0 saturated heterocycles. The molecule has 0 aromatic carbocycles. The van der Waals surface area contributed by atoms with Gasteiger partial charge in [-0.15, -0.1) is 0 Å². The van der Waals surface area contributed by atoms with Crippen molar-refractivity contribution in [1.29, 1.82) is 5.41 Å². The predicted molar refractivity (Wildman–Crippen MR) is 52.1 cm³/mol. The van der Waals surface area contributed by atoms with Crippen molar-refractivity contribution in [3.05, 3.63) is 0 Å². The molecule has 0 spiro atoms. The average molecular weight is 191 g/mol. The van der Waals surface area contributed by atoms with Crippen LogP contribution in [0, 0.1) is 5.41 Å². The van der Waals surface area contributed by atoms with Crippen LogP contribution in [0.15, 0.2) is 0 Å². The second-order valence-corrected chi connectivity index (χ2v) is 5.66. The number of ether oxygens (including phenoxy) is 1. The lowest BCUT2D eigenvalue weighted by molar-refractivity contribution is 0.321. The molecule has 0 bridgehead atoms. The largest absolute Gasteiger partial charge is 0.616 e. The molecule has 0 unspecified atom stereocenters. The normalized spacial score (nSPS) is 14.1. The molecule has 72 valence electrons. The fourth-order valence-electron chi connectivity index (χ4n) is 0.551. The third-order valence-electron chi connectivity index (χ3n) is 1.26. The van der Waals surface area contributed by atoms with Crippen molar-refractivity contribution in [2.75, 3.05) is 12.4 Å². The van der Waals surface area contributed by atoms with Crippen molar-refractivity contribution in [2.45, 2.75) is 32.4 Å². The van der Waals surface area contributed by atoms with Crippen LogP contribution in [-0.2, 0) is 15.9 Å². The lowest BCUT2D eigenvalue weighted by Crippen LogP contribution is -2.33. The van der Waals surface area contributed by atoms with Gasteiger partial charge in [-0.1, -0.05) is 0 Å². The summed E-state index contributed by atoms with van der Waals surface area (Å²) in [4.78, 5) is 0. The standard InChI is InChI=1S/C8H17NO2S/c1-5-11-7(9)6-12(10)8(2,3)4/h9H,5-6H2,1-4H3/t12-/m0/s1. The highest BCUT2D eigenvalue weighted by atomic mass is 32.2. The molecule has 3 nitrogen and oxygen atoms in total. The Kier molecular flexibility index (Phi) is 4.63. The van der Waals surface area contributed by atoms with Crippen molar-refractivity contribution >= 4 is 17.1 Å². The molecule has 0 aliphatic heterocycles. The van der Waals surface area contributed by atoms with Crippen LogP contribution >= 0.6 is 0 Å². The zero-order valence-electron chi connectivity index (χ0n) is 8.14. The van der Waals surface area contributed by atoms with Crippen molar-refractivity contribution in [2.24, 2.45) is 0 Å². The molecule has 1 atom stereocenters. The van der Waals surface area contributed by atoms with E-state index < -0.39 is 11.2 Å². The fourth-order valence-corrected chi connectivity index (χ4v) is 1.31. The second-order valence-electron chi connectivity index (χ2n) is 3.46. The zero-order valence-corrected chi connectivity index (χ0v) is 8.96. The molecular formula is C8H17NO2S. The first kappa shape index (κ1) is 11.8. The van der Waals surface area contributed by atoms with E-state index in [1.54, 1.807) is 0 Å². The average Bonchev–Trinajstić information content (AvgIpc) is 1.85. The van der Waals surface area contributed by atoms with Gasteiger partial charge in [0.05, 0.1) is 6.61 Å². The molecule has 12 heavy (non-hydrogen) atoms. The topological polar surface area (TPSA) is 56.1 Å². The number of rotatable bonds is 3. The van der Waals surface area contributed by atoms with Crippen LogP contribution in [-0.4, -0.2) is 27.6 Å². The Morgan fingerprint density at radius 1 is 1.50 bits per heavy atom. The minimum absolute atomic E-state index is 0.116. The van der Waals surface area contributed by atoms with Gasteiger partial charge in [0, 0.05) is 0 Å². The van der Waals surface area contributed by atoms with Gasteiger partial charge in [-0.2, -0.15) is 0 Å². The third-order valence-corrected chi connectivity index (χ3v) is 3.15. The van der Waals surface area contributed by atoms with E-state index in [4.69, 9.17) is 10.1 Å². The molecule has 0 saturated carbocycles. The summed E-state index contributed by atoms with van der Waals surface area (Å²) in [5, 5.41) is 7.28. The van der Waals surface area contributed by atoms with Crippen molar-refractivity contribution in [3.8, 4) is 0 Å². The second kappa shape index (κ2) is 4.72. The van der Waals surface area contributed by atoms with E-state index in [0.717, 1.165) is 0 Å². The molecule has 0 aliphatic rings. The van der Waals surface area contributed by atoms with Crippen LogP contribution in [0.2, 0.25) is 0 Å². The SMILES string of the molecule is CCOC(=N)C[S@+]([O-])C(C)(C)C. The third kappa shape index (κ3) is 4.62.